The molecule has 23 heavy (non-hydrogen) atoms. The minimum atomic E-state index is 1.00. The number of thiophene rings is 1. The van der Waals surface area contributed by atoms with Crippen LogP contribution in [0.15, 0.2) is 79.0 Å². The van der Waals surface area contributed by atoms with Gasteiger partial charge in [-0.3, -0.25) is 4.57 Å². The predicted octanol–water partition coefficient (Wildman–Crippen LogP) is 5.58. The Morgan fingerprint density at radius 1 is 0.783 bits per heavy atom. The average Bonchev–Trinajstić information content (AvgIpc) is 3.23. The normalized spacial score (nSPS) is 10.8. The number of benzene rings is 2. The van der Waals surface area contributed by atoms with Crippen LogP contribution in [-0.2, 0) is 0 Å². The maximum atomic E-state index is 4.74. The van der Waals surface area contributed by atoms with Gasteiger partial charge in [0.15, 0.2) is 5.82 Å². The van der Waals surface area contributed by atoms with E-state index in [9.17, 15) is 0 Å². The zero-order chi connectivity index (χ0) is 15.6. The smallest absolute Gasteiger partial charge is 0.154 e. The maximum absolute atomic E-state index is 4.74. The Morgan fingerprint density at radius 2 is 1.43 bits per heavy atom. The molecule has 2 heterocycles. The molecule has 0 saturated carbocycles. The summed E-state index contributed by atoms with van der Waals surface area (Å²) in [6.07, 6.45) is 2.09. The number of hydrogen-bond donors (Lipinski definition) is 0. The molecule has 0 fully saturated rings. The van der Waals surface area contributed by atoms with Crippen LogP contribution in [0.4, 0.5) is 0 Å². The fraction of sp³-hybridized carbons (Fsp3) is 0.0500. The van der Waals surface area contributed by atoms with Gasteiger partial charge in [-0.05, 0) is 36.8 Å². The fourth-order valence-corrected chi connectivity index (χ4v) is 3.67. The molecule has 112 valence electrons. The summed E-state index contributed by atoms with van der Waals surface area (Å²) >= 11 is 1.78. The van der Waals surface area contributed by atoms with Crippen molar-refractivity contribution in [1.29, 1.82) is 0 Å². The molecule has 0 spiro atoms. The Kier molecular flexibility index (Phi) is 3.56. The fourth-order valence-electron chi connectivity index (χ4n) is 2.67. The van der Waals surface area contributed by atoms with Gasteiger partial charge in [0.2, 0.25) is 0 Å². The quantitative estimate of drug-likeness (QED) is 0.482. The second-order valence-corrected chi connectivity index (χ2v) is 6.53. The highest BCUT2D eigenvalue weighted by atomic mass is 32.1. The topological polar surface area (TPSA) is 17.8 Å². The van der Waals surface area contributed by atoms with E-state index in [1.807, 2.05) is 19.1 Å². The summed E-state index contributed by atoms with van der Waals surface area (Å²) in [7, 11) is 0. The first-order chi connectivity index (χ1) is 11.3. The Balaban J connectivity index is 1.79. The highest BCUT2D eigenvalue weighted by Gasteiger charge is 2.12. The van der Waals surface area contributed by atoms with Gasteiger partial charge in [0.25, 0.3) is 0 Å². The molecule has 0 radical (unpaired) electrons. The Morgan fingerprint density at radius 3 is 2.17 bits per heavy atom. The number of nitrogens with zero attached hydrogens (tertiary/aromatic N) is 2. The van der Waals surface area contributed by atoms with Crippen molar-refractivity contribution in [2.75, 3.05) is 0 Å². The van der Waals surface area contributed by atoms with Crippen LogP contribution in [0.1, 0.15) is 5.69 Å². The van der Waals surface area contributed by atoms with Gasteiger partial charge in [-0.25, -0.2) is 4.98 Å². The van der Waals surface area contributed by atoms with Crippen LogP contribution < -0.4 is 0 Å². The van der Waals surface area contributed by atoms with Crippen LogP contribution in [-0.4, -0.2) is 9.55 Å². The van der Waals surface area contributed by atoms with Gasteiger partial charge < -0.3 is 0 Å². The summed E-state index contributed by atoms with van der Waals surface area (Å²) in [4.78, 5) is 7.18. The third-order valence-corrected chi connectivity index (χ3v) is 4.88. The van der Waals surface area contributed by atoms with E-state index >= 15 is 0 Å². The van der Waals surface area contributed by atoms with Crippen molar-refractivity contribution in [1.82, 2.24) is 9.55 Å². The summed E-state index contributed by atoms with van der Waals surface area (Å²) in [5.74, 6) is 1.00. The summed E-state index contributed by atoms with van der Waals surface area (Å²) < 4.78 is 2.16. The molecule has 0 aliphatic rings. The lowest BCUT2D eigenvalue weighted by molar-refractivity contribution is 1.07. The van der Waals surface area contributed by atoms with E-state index in [0.29, 0.717) is 0 Å². The molecule has 4 rings (SSSR count). The minimum absolute atomic E-state index is 1.00. The molecule has 2 aromatic carbocycles. The third kappa shape index (κ3) is 2.71. The number of para-hydroxylation sites is 1. The van der Waals surface area contributed by atoms with Gasteiger partial charge >= 0.3 is 0 Å². The maximum Gasteiger partial charge on any atom is 0.154 e. The van der Waals surface area contributed by atoms with Crippen molar-refractivity contribution < 1.29 is 0 Å². The predicted molar refractivity (Wildman–Crippen MR) is 97.1 cm³/mol. The lowest BCUT2D eigenvalue weighted by Crippen LogP contribution is -1.94. The van der Waals surface area contributed by atoms with Crippen molar-refractivity contribution in [3.05, 3.63) is 84.7 Å². The van der Waals surface area contributed by atoms with Crippen molar-refractivity contribution in [3.63, 3.8) is 0 Å². The van der Waals surface area contributed by atoms with Gasteiger partial charge in [-0.2, -0.15) is 0 Å². The van der Waals surface area contributed by atoms with Crippen molar-refractivity contribution in [2.24, 2.45) is 0 Å². The first-order valence-electron chi connectivity index (χ1n) is 7.58. The second kappa shape index (κ2) is 5.86. The van der Waals surface area contributed by atoms with Gasteiger partial charge in [0, 0.05) is 16.8 Å². The zero-order valence-corrected chi connectivity index (χ0v) is 13.6. The molecule has 0 saturated heterocycles. The zero-order valence-electron chi connectivity index (χ0n) is 12.8. The molecule has 0 atom stereocenters. The molecule has 3 heteroatoms. The van der Waals surface area contributed by atoms with Crippen LogP contribution >= 0.6 is 11.3 Å². The molecular weight excluding hydrogens is 300 g/mol. The first-order valence-corrected chi connectivity index (χ1v) is 8.40. The van der Waals surface area contributed by atoms with Gasteiger partial charge in [-0.1, -0.05) is 48.5 Å². The molecule has 0 aliphatic carbocycles. The number of imidazole rings is 1. The number of rotatable bonds is 3. The molecule has 2 aromatic heterocycles. The van der Waals surface area contributed by atoms with Gasteiger partial charge in [0.05, 0.1) is 10.6 Å². The molecule has 0 unspecified atom stereocenters. The number of hydrogen-bond acceptors (Lipinski definition) is 2. The SMILES string of the molecule is Cc1cn(-c2ccccc2)c(-c2ccc(-c3ccccc3)s2)n1. The standard InChI is InChI=1S/C20H16N2S/c1-15-14-22(17-10-6-3-7-11-17)20(21-15)19-13-12-18(23-19)16-8-4-2-5-9-16/h2-14H,1H3. The first kappa shape index (κ1) is 14.0. The van der Waals surface area contributed by atoms with Crippen LogP contribution in [0.3, 0.4) is 0 Å². The van der Waals surface area contributed by atoms with Gasteiger partial charge in [0.1, 0.15) is 0 Å². The summed E-state index contributed by atoms with van der Waals surface area (Å²) in [6.45, 7) is 2.04. The minimum Gasteiger partial charge on any atom is -0.299 e. The molecule has 0 amide bonds. The third-order valence-electron chi connectivity index (χ3n) is 3.75. The van der Waals surface area contributed by atoms with E-state index in [1.54, 1.807) is 11.3 Å². The van der Waals surface area contributed by atoms with E-state index in [2.05, 4.69) is 71.4 Å². The van der Waals surface area contributed by atoms with E-state index in [1.165, 1.54) is 15.3 Å². The molecule has 2 nitrogen and oxygen atoms in total. The number of aryl methyl sites for hydroxylation is 1. The Hall–Kier alpha value is -2.65. The number of aromatic nitrogens is 2. The molecule has 0 bridgehead atoms. The van der Waals surface area contributed by atoms with Crippen LogP contribution in [0.25, 0.3) is 26.8 Å². The average molecular weight is 316 g/mol. The Labute approximate surface area is 139 Å². The van der Waals surface area contributed by atoms with E-state index < -0.39 is 0 Å². The highest BCUT2D eigenvalue weighted by molar-refractivity contribution is 7.18. The van der Waals surface area contributed by atoms with Crippen molar-refractivity contribution in [3.8, 4) is 26.8 Å². The van der Waals surface area contributed by atoms with E-state index in [-0.39, 0.29) is 0 Å². The monoisotopic (exact) mass is 316 g/mol. The highest BCUT2D eigenvalue weighted by Crippen LogP contribution is 2.34. The molecule has 4 aromatic rings. The Bertz CT molecular complexity index is 921. The molecule has 0 aliphatic heterocycles. The van der Waals surface area contributed by atoms with Crippen LogP contribution in [0.5, 0.6) is 0 Å². The molecule has 0 N–H and O–H groups in total. The molecular formula is C20H16N2S. The van der Waals surface area contributed by atoms with Crippen molar-refractivity contribution in [2.45, 2.75) is 6.92 Å². The largest absolute Gasteiger partial charge is 0.299 e. The lowest BCUT2D eigenvalue weighted by Gasteiger charge is -2.05. The summed E-state index contributed by atoms with van der Waals surface area (Å²) in [5.41, 5.74) is 3.41. The van der Waals surface area contributed by atoms with Crippen LogP contribution in [0, 0.1) is 6.92 Å². The second-order valence-electron chi connectivity index (χ2n) is 5.44. The lowest BCUT2D eigenvalue weighted by atomic mass is 10.2. The van der Waals surface area contributed by atoms with E-state index in [0.717, 1.165) is 17.2 Å². The van der Waals surface area contributed by atoms with E-state index in [4.69, 9.17) is 4.98 Å². The van der Waals surface area contributed by atoms with Crippen LogP contribution in [0.2, 0.25) is 0 Å². The van der Waals surface area contributed by atoms with Gasteiger partial charge in [-0.15, -0.1) is 11.3 Å². The van der Waals surface area contributed by atoms with Crippen molar-refractivity contribution >= 4 is 11.3 Å². The summed E-state index contributed by atoms with van der Waals surface area (Å²) in [6, 6.07) is 25.2. The summed E-state index contributed by atoms with van der Waals surface area (Å²) in [5, 5.41) is 0.